The van der Waals surface area contributed by atoms with Crippen molar-refractivity contribution in [2.45, 2.75) is 31.3 Å². The Morgan fingerprint density at radius 2 is 1.94 bits per heavy atom. The zero-order valence-electron chi connectivity index (χ0n) is 9.73. The third-order valence-electron chi connectivity index (χ3n) is 3.58. The first-order valence-corrected chi connectivity index (χ1v) is 6.95. The lowest BCUT2D eigenvalue weighted by Crippen LogP contribution is -2.37. The lowest BCUT2D eigenvalue weighted by molar-refractivity contribution is 0.0275. The van der Waals surface area contributed by atoms with Crippen molar-refractivity contribution in [3.63, 3.8) is 0 Å². The van der Waals surface area contributed by atoms with Gasteiger partial charge < -0.3 is 5.11 Å². The minimum atomic E-state index is -0.542. The molecule has 1 heterocycles. The molecule has 1 aliphatic carbocycles. The van der Waals surface area contributed by atoms with Gasteiger partial charge in [0.1, 0.15) is 0 Å². The van der Waals surface area contributed by atoms with E-state index in [1.165, 1.54) is 16.0 Å². The van der Waals surface area contributed by atoms with Crippen molar-refractivity contribution >= 4 is 11.3 Å². The minimum Gasteiger partial charge on any atom is -0.389 e. The topological polar surface area (TPSA) is 20.2 Å². The van der Waals surface area contributed by atoms with Crippen molar-refractivity contribution in [1.82, 2.24) is 0 Å². The van der Waals surface area contributed by atoms with Gasteiger partial charge >= 0.3 is 0 Å². The van der Waals surface area contributed by atoms with Gasteiger partial charge in [-0.05, 0) is 35.4 Å². The van der Waals surface area contributed by atoms with E-state index in [4.69, 9.17) is 0 Å². The van der Waals surface area contributed by atoms with E-state index in [1.807, 2.05) is 0 Å². The Kier molecular flexibility index (Phi) is 2.77. The van der Waals surface area contributed by atoms with Crippen LogP contribution >= 0.6 is 11.3 Å². The van der Waals surface area contributed by atoms with Gasteiger partial charge in [0, 0.05) is 17.7 Å². The van der Waals surface area contributed by atoms with Crippen LogP contribution in [0.3, 0.4) is 0 Å². The zero-order valence-corrected chi connectivity index (χ0v) is 10.5. The van der Waals surface area contributed by atoms with Gasteiger partial charge in [0.25, 0.3) is 0 Å². The summed E-state index contributed by atoms with van der Waals surface area (Å²) in [4.78, 5) is 1.28. The largest absolute Gasteiger partial charge is 0.389 e. The fourth-order valence-corrected chi connectivity index (χ4v) is 3.51. The molecular weight excluding hydrogens is 228 g/mol. The standard InChI is InChI=1S/C15H16OS/c16-15(11-14-6-3-9-17-14)8-7-12-4-1-2-5-13(12)10-15/h1-6,9,16H,7-8,10-11H2. The van der Waals surface area contributed by atoms with E-state index in [0.717, 1.165) is 25.7 Å². The summed E-state index contributed by atoms with van der Waals surface area (Å²) >= 11 is 1.74. The van der Waals surface area contributed by atoms with Crippen LogP contribution in [0.5, 0.6) is 0 Å². The average molecular weight is 244 g/mol. The van der Waals surface area contributed by atoms with E-state index in [9.17, 15) is 5.11 Å². The zero-order chi connectivity index (χ0) is 11.7. The first-order valence-electron chi connectivity index (χ1n) is 6.07. The highest BCUT2D eigenvalue weighted by Gasteiger charge is 2.32. The molecule has 17 heavy (non-hydrogen) atoms. The van der Waals surface area contributed by atoms with Crippen LogP contribution in [0.2, 0.25) is 0 Å². The van der Waals surface area contributed by atoms with Crippen molar-refractivity contribution in [3.05, 3.63) is 57.8 Å². The quantitative estimate of drug-likeness (QED) is 0.860. The van der Waals surface area contributed by atoms with Gasteiger partial charge in [0.15, 0.2) is 0 Å². The third-order valence-corrected chi connectivity index (χ3v) is 4.46. The molecule has 0 amide bonds. The molecule has 1 aliphatic rings. The second kappa shape index (κ2) is 4.28. The number of aliphatic hydroxyl groups is 1. The summed E-state index contributed by atoms with van der Waals surface area (Å²) in [5, 5.41) is 12.8. The van der Waals surface area contributed by atoms with Crippen molar-refractivity contribution in [3.8, 4) is 0 Å². The monoisotopic (exact) mass is 244 g/mol. The first-order chi connectivity index (χ1) is 8.25. The second-order valence-corrected chi connectivity index (χ2v) is 5.96. The van der Waals surface area contributed by atoms with E-state index in [1.54, 1.807) is 11.3 Å². The second-order valence-electron chi connectivity index (χ2n) is 4.93. The number of fused-ring (bicyclic) bond motifs is 1. The van der Waals surface area contributed by atoms with Crippen molar-refractivity contribution in [1.29, 1.82) is 0 Å². The molecule has 1 aromatic heterocycles. The Labute approximate surface area is 106 Å². The van der Waals surface area contributed by atoms with Gasteiger partial charge in [-0.2, -0.15) is 0 Å². The molecule has 1 atom stereocenters. The molecule has 1 aromatic carbocycles. The van der Waals surface area contributed by atoms with E-state index in [-0.39, 0.29) is 0 Å². The molecule has 0 radical (unpaired) electrons. The molecule has 1 N–H and O–H groups in total. The van der Waals surface area contributed by atoms with Crippen molar-refractivity contribution in [2.24, 2.45) is 0 Å². The van der Waals surface area contributed by atoms with Gasteiger partial charge in [-0.3, -0.25) is 0 Å². The summed E-state index contributed by atoms with van der Waals surface area (Å²) in [6, 6.07) is 12.6. The van der Waals surface area contributed by atoms with Crippen LogP contribution in [-0.2, 0) is 19.3 Å². The molecule has 88 valence electrons. The van der Waals surface area contributed by atoms with Crippen LogP contribution in [0.1, 0.15) is 22.4 Å². The fourth-order valence-electron chi connectivity index (χ4n) is 2.67. The number of hydrogen-bond acceptors (Lipinski definition) is 2. The SMILES string of the molecule is OC1(Cc2cccs2)CCc2ccccc2C1. The first kappa shape index (κ1) is 11.0. The predicted molar refractivity (Wildman–Crippen MR) is 71.4 cm³/mol. The van der Waals surface area contributed by atoms with Gasteiger partial charge in [0.05, 0.1) is 5.60 Å². The highest BCUT2D eigenvalue weighted by molar-refractivity contribution is 7.09. The summed E-state index contributed by atoms with van der Waals surface area (Å²) < 4.78 is 0. The molecule has 0 aliphatic heterocycles. The van der Waals surface area contributed by atoms with Crippen LogP contribution in [0, 0.1) is 0 Å². The molecule has 1 unspecified atom stereocenters. The number of rotatable bonds is 2. The maximum atomic E-state index is 10.7. The van der Waals surface area contributed by atoms with Crippen LogP contribution in [0.4, 0.5) is 0 Å². The minimum absolute atomic E-state index is 0.542. The molecule has 2 heteroatoms. The Bertz CT molecular complexity index is 503. The molecular formula is C15H16OS. The highest BCUT2D eigenvalue weighted by atomic mass is 32.1. The van der Waals surface area contributed by atoms with E-state index in [2.05, 4.69) is 41.8 Å². The van der Waals surface area contributed by atoms with Gasteiger partial charge in [-0.25, -0.2) is 0 Å². The van der Waals surface area contributed by atoms with Gasteiger partial charge in [-0.15, -0.1) is 11.3 Å². The molecule has 0 spiro atoms. The van der Waals surface area contributed by atoms with Crippen molar-refractivity contribution in [2.75, 3.05) is 0 Å². The number of hydrogen-bond donors (Lipinski definition) is 1. The predicted octanol–water partition coefficient (Wildman–Crippen LogP) is 3.21. The van der Waals surface area contributed by atoms with Crippen LogP contribution in [0.15, 0.2) is 41.8 Å². The Morgan fingerprint density at radius 3 is 2.71 bits per heavy atom. The molecule has 0 bridgehead atoms. The molecule has 0 fully saturated rings. The van der Waals surface area contributed by atoms with Crippen LogP contribution in [-0.4, -0.2) is 10.7 Å². The van der Waals surface area contributed by atoms with Crippen LogP contribution < -0.4 is 0 Å². The summed E-state index contributed by atoms with van der Waals surface area (Å²) in [5.74, 6) is 0. The smallest absolute Gasteiger partial charge is 0.0739 e. The van der Waals surface area contributed by atoms with E-state index in [0.29, 0.717) is 0 Å². The summed E-state index contributed by atoms with van der Waals surface area (Å²) in [6.07, 6.45) is 3.46. The summed E-state index contributed by atoms with van der Waals surface area (Å²) in [7, 11) is 0. The molecule has 2 aromatic rings. The van der Waals surface area contributed by atoms with Gasteiger partial charge in [-0.1, -0.05) is 30.3 Å². The maximum Gasteiger partial charge on any atom is 0.0739 e. The van der Waals surface area contributed by atoms with Crippen molar-refractivity contribution < 1.29 is 5.11 Å². The number of benzene rings is 1. The normalized spacial score (nSPS) is 23.4. The average Bonchev–Trinajstić information content (AvgIpc) is 2.81. The van der Waals surface area contributed by atoms with Gasteiger partial charge in [0.2, 0.25) is 0 Å². The Hall–Kier alpha value is -1.12. The van der Waals surface area contributed by atoms with E-state index >= 15 is 0 Å². The third kappa shape index (κ3) is 2.28. The molecule has 3 rings (SSSR count). The number of thiophene rings is 1. The summed E-state index contributed by atoms with van der Waals surface area (Å²) in [6.45, 7) is 0. The highest BCUT2D eigenvalue weighted by Crippen LogP contribution is 2.32. The Balaban J connectivity index is 1.82. The number of aryl methyl sites for hydroxylation is 1. The fraction of sp³-hybridized carbons (Fsp3) is 0.333. The lowest BCUT2D eigenvalue weighted by atomic mass is 9.78. The Morgan fingerprint density at radius 1 is 1.12 bits per heavy atom. The van der Waals surface area contributed by atoms with Crippen LogP contribution in [0.25, 0.3) is 0 Å². The van der Waals surface area contributed by atoms with E-state index < -0.39 is 5.60 Å². The summed E-state index contributed by atoms with van der Waals surface area (Å²) in [5.41, 5.74) is 2.18. The molecule has 0 saturated carbocycles. The lowest BCUT2D eigenvalue weighted by Gasteiger charge is -2.33. The maximum absolute atomic E-state index is 10.7. The molecule has 1 nitrogen and oxygen atoms in total. The molecule has 0 saturated heterocycles.